The predicted molar refractivity (Wildman–Crippen MR) is 110 cm³/mol. The first kappa shape index (κ1) is 21.5. The number of amides is 1. The molecule has 0 saturated heterocycles. The molecule has 2 aromatic rings. The van der Waals surface area contributed by atoms with Crippen LogP contribution in [0.3, 0.4) is 0 Å². The summed E-state index contributed by atoms with van der Waals surface area (Å²) in [6, 6.07) is 12.3. The van der Waals surface area contributed by atoms with Crippen molar-refractivity contribution in [3.8, 4) is 0 Å². The summed E-state index contributed by atoms with van der Waals surface area (Å²) in [5.41, 5.74) is 3.34. The highest BCUT2D eigenvalue weighted by Gasteiger charge is 2.22. The smallest absolute Gasteiger partial charge is 0.271 e. The lowest BCUT2D eigenvalue weighted by Crippen LogP contribution is -2.39. The number of nitro groups is 1. The van der Waals surface area contributed by atoms with E-state index < -0.39 is 27.4 Å². The van der Waals surface area contributed by atoms with Crippen molar-refractivity contribution >= 4 is 48.9 Å². The normalized spacial score (nSPS) is 11.8. The fraction of sp³-hybridized carbons (Fsp3) is 0.176. The molecule has 0 bridgehead atoms. The molecule has 1 amide bonds. The Bertz CT molecular complexity index is 1020. The molecule has 0 fully saturated rings. The predicted octanol–water partition coefficient (Wildman–Crippen LogP) is 2.66. The lowest BCUT2D eigenvalue weighted by Gasteiger charge is -2.21. The molecule has 2 aromatic carbocycles. The van der Waals surface area contributed by atoms with Crippen LogP contribution in [0.15, 0.2) is 58.1 Å². The van der Waals surface area contributed by atoms with Gasteiger partial charge in [-0.3, -0.25) is 19.2 Å². The maximum atomic E-state index is 12.2. The summed E-state index contributed by atoms with van der Waals surface area (Å²) in [7, 11) is -3.85. The number of carbonyl (C=O) groups excluding carboxylic acids is 1. The maximum Gasteiger partial charge on any atom is 0.271 e. The minimum absolute atomic E-state index is 0.0143. The topological polar surface area (TPSA) is 122 Å². The van der Waals surface area contributed by atoms with E-state index in [1.807, 2.05) is 12.1 Å². The number of non-ortho nitro benzene ring substituents is 1. The van der Waals surface area contributed by atoms with Crippen molar-refractivity contribution in [3.05, 3.63) is 68.7 Å². The molecule has 0 spiro atoms. The number of nitrogens with zero attached hydrogens (tertiary/aromatic N) is 3. The fourth-order valence-corrected chi connectivity index (χ4v) is 3.34. The van der Waals surface area contributed by atoms with E-state index in [1.165, 1.54) is 18.2 Å². The average molecular weight is 469 g/mol. The number of halogens is 1. The van der Waals surface area contributed by atoms with E-state index in [9.17, 15) is 23.3 Å². The minimum atomic E-state index is -3.85. The molecule has 0 aliphatic rings. The molecule has 2 rings (SSSR count). The van der Waals surface area contributed by atoms with Crippen molar-refractivity contribution in [2.45, 2.75) is 6.92 Å². The van der Waals surface area contributed by atoms with Gasteiger partial charge in [-0.25, -0.2) is 13.8 Å². The highest BCUT2D eigenvalue weighted by Crippen LogP contribution is 2.22. The highest BCUT2D eigenvalue weighted by molar-refractivity contribution is 9.10. The Kier molecular flexibility index (Phi) is 6.86. The van der Waals surface area contributed by atoms with Crippen LogP contribution in [0, 0.1) is 10.1 Å². The number of hydrogen-bond donors (Lipinski definition) is 1. The summed E-state index contributed by atoms with van der Waals surface area (Å²) in [6.07, 6.45) is 0.912. The lowest BCUT2D eigenvalue weighted by molar-refractivity contribution is -0.384. The van der Waals surface area contributed by atoms with Crippen LogP contribution in [0.5, 0.6) is 0 Å². The fourth-order valence-electron chi connectivity index (χ4n) is 2.23. The van der Waals surface area contributed by atoms with Gasteiger partial charge in [0.15, 0.2) is 0 Å². The zero-order valence-electron chi connectivity index (χ0n) is 15.0. The number of carbonyl (C=O) groups is 1. The Labute approximate surface area is 170 Å². The second-order valence-corrected chi connectivity index (χ2v) is 8.61. The van der Waals surface area contributed by atoms with Gasteiger partial charge < -0.3 is 0 Å². The number of sulfonamides is 1. The van der Waals surface area contributed by atoms with Crippen molar-refractivity contribution in [1.29, 1.82) is 0 Å². The lowest BCUT2D eigenvalue weighted by atomic mass is 10.1. The van der Waals surface area contributed by atoms with Gasteiger partial charge >= 0.3 is 0 Å². The molecule has 0 atom stereocenters. The Morgan fingerprint density at radius 1 is 1.25 bits per heavy atom. The summed E-state index contributed by atoms with van der Waals surface area (Å²) < 4.78 is 25.8. The molecular weight excluding hydrogens is 452 g/mol. The quantitative estimate of drug-likeness (QED) is 0.380. The number of benzene rings is 2. The number of nitrogens with one attached hydrogen (secondary N) is 1. The van der Waals surface area contributed by atoms with E-state index >= 15 is 0 Å². The Morgan fingerprint density at radius 3 is 2.46 bits per heavy atom. The summed E-state index contributed by atoms with van der Waals surface area (Å²) in [5.74, 6) is -0.687. The van der Waals surface area contributed by atoms with Crippen LogP contribution < -0.4 is 9.73 Å². The molecule has 0 unspecified atom stereocenters. The zero-order chi connectivity index (χ0) is 20.9. The number of rotatable bonds is 7. The van der Waals surface area contributed by atoms with Gasteiger partial charge in [0.2, 0.25) is 10.0 Å². The van der Waals surface area contributed by atoms with E-state index in [4.69, 9.17) is 0 Å². The Morgan fingerprint density at radius 2 is 1.89 bits per heavy atom. The van der Waals surface area contributed by atoms with Crippen LogP contribution in [0.2, 0.25) is 0 Å². The largest absolute Gasteiger partial charge is 0.271 e. The van der Waals surface area contributed by atoms with E-state index in [0.717, 1.165) is 26.7 Å². The summed E-state index contributed by atoms with van der Waals surface area (Å²) in [6.45, 7) is 1.12. The third-order valence-corrected chi connectivity index (χ3v) is 5.30. The van der Waals surface area contributed by atoms with E-state index in [-0.39, 0.29) is 11.4 Å². The highest BCUT2D eigenvalue weighted by atomic mass is 79.9. The van der Waals surface area contributed by atoms with Crippen molar-refractivity contribution in [2.24, 2.45) is 5.10 Å². The van der Waals surface area contributed by atoms with E-state index in [0.29, 0.717) is 5.71 Å². The first-order valence-electron chi connectivity index (χ1n) is 7.89. The molecule has 0 aromatic heterocycles. The van der Waals surface area contributed by atoms with Gasteiger partial charge in [0.05, 0.1) is 22.6 Å². The second-order valence-electron chi connectivity index (χ2n) is 5.79. The van der Waals surface area contributed by atoms with Crippen LogP contribution in [0.1, 0.15) is 12.5 Å². The van der Waals surface area contributed by atoms with Crippen LogP contribution in [-0.2, 0) is 14.8 Å². The van der Waals surface area contributed by atoms with Gasteiger partial charge in [-0.1, -0.05) is 34.1 Å². The van der Waals surface area contributed by atoms with Crippen LogP contribution >= 0.6 is 15.9 Å². The molecule has 28 heavy (non-hydrogen) atoms. The molecule has 11 heteroatoms. The van der Waals surface area contributed by atoms with E-state index in [2.05, 4.69) is 26.5 Å². The van der Waals surface area contributed by atoms with Crippen LogP contribution in [0.25, 0.3) is 0 Å². The van der Waals surface area contributed by atoms with Crippen LogP contribution in [0.4, 0.5) is 11.4 Å². The standard InChI is InChI=1S/C17H17BrN4O5S/c1-12(13-6-8-14(18)9-7-13)19-20-17(23)11-21(28(2,26)27)15-4-3-5-16(10-15)22(24)25/h3-10H,11H2,1-2H3,(H,20,23)/b19-12-. The second kappa shape index (κ2) is 8.93. The number of hydrogen-bond acceptors (Lipinski definition) is 6. The molecule has 0 radical (unpaired) electrons. The molecule has 148 valence electrons. The van der Waals surface area contributed by atoms with Gasteiger partial charge in [-0.15, -0.1) is 0 Å². The Balaban J connectivity index is 2.18. The van der Waals surface area contributed by atoms with E-state index in [1.54, 1.807) is 19.1 Å². The first-order chi connectivity index (χ1) is 13.1. The number of anilines is 1. The van der Waals surface area contributed by atoms with Crippen LogP contribution in [-0.4, -0.2) is 37.8 Å². The van der Waals surface area contributed by atoms with Crippen molar-refractivity contribution < 1.29 is 18.1 Å². The van der Waals surface area contributed by atoms with Crippen molar-refractivity contribution in [1.82, 2.24) is 5.43 Å². The maximum absolute atomic E-state index is 12.2. The van der Waals surface area contributed by atoms with Crippen molar-refractivity contribution in [2.75, 3.05) is 17.1 Å². The summed E-state index contributed by atoms with van der Waals surface area (Å²) in [4.78, 5) is 22.5. The van der Waals surface area contributed by atoms with Gasteiger partial charge in [0, 0.05) is 16.6 Å². The summed E-state index contributed by atoms with van der Waals surface area (Å²) in [5, 5.41) is 14.9. The van der Waals surface area contributed by atoms with Gasteiger partial charge in [-0.05, 0) is 30.7 Å². The number of nitro benzene ring substituents is 1. The summed E-state index contributed by atoms with van der Waals surface area (Å²) >= 11 is 3.32. The Hall–Kier alpha value is -2.79. The average Bonchev–Trinajstić information content (AvgIpc) is 2.64. The molecular formula is C17H17BrN4O5S. The monoisotopic (exact) mass is 468 g/mol. The molecule has 1 N–H and O–H groups in total. The van der Waals surface area contributed by atoms with Gasteiger partial charge in [0.25, 0.3) is 11.6 Å². The SMILES string of the molecule is C/C(=N/NC(=O)CN(c1cccc([N+](=O)[O-])c1)S(C)(=O)=O)c1ccc(Br)cc1. The molecule has 0 heterocycles. The van der Waals surface area contributed by atoms with Gasteiger partial charge in [-0.2, -0.15) is 5.10 Å². The third kappa shape index (κ3) is 5.86. The van der Waals surface area contributed by atoms with Gasteiger partial charge in [0.1, 0.15) is 6.54 Å². The minimum Gasteiger partial charge on any atom is -0.271 e. The first-order valence-corrected chi connectivity index (χ1v) is 10.5. The molecule has 0 aliphatic heterocycles. The molecule has 0 saturated carbocycles. The third-order valence-electron chi connectivity index (χ3n) is 3.63. The molecule has 0 aliphatic carbocycles. The van der Waals surface area contributed by atoms with Crippen molar-refractivity contribution in [3.63, 3.8) is 0 Å². The zero-order valence-corrected chi connectivity index (χ0v) is 17.4. The molecule has 9 nitrogen and oxygen atoms in total. The number of hydrazone groups is 1.